The molecule has 60 heavy (non-hydrogen) atoms. The molecule has 1 atom stereocenters. The standard InChI is InChI=1S/C55H98O5/c1-4-7-10-13-16-19-22-24-26-27-28-29-30-31-34-36-39-42-45-48-54(56)59-52-53(60-55(57)49-46-43-40-37-33-21-18-15-12-9-6-3)51-58-50-47-44-41-38-35-32-25-23-20-17-14-11-8-5-2/h11,14-16,18-20,23-24,26,53H,4-10,12-13,17,21-22,25,27-52H2,1-3H3/b14-11-,18-15-,19-16-,23-20-,26-24-. The van der Waals surface area contributed by atoms with Crippen LogP contribution in [0.5, 0.6) is 0 Å². The zero-order chi connectivity index (χ0) is 43.5. The number of carbonyl (C=O) groups excluding carboxylic acids is 2. The van der Waals surface area contributed by atoms with Gasteiger partial charge in [-0.15, -0.1) is 0 Å². The van der Waals surface area contributed by atoms with Crippen molar-refractivity contribution in [1.82, 2.24) is 0 Å². The number of allylic oxidation sites excluding steroid dienone is 10. The van der Waals surface area contributed by atoms with E-state index in [-0.39, 0.29) is 25.2 Å². The summed E-state index contributed by atoms with van der Waals surface area (Å²) in [7, 11) is 0. The van der Waals surface area contributed by atoms with Gasteiger partial charge in [0, 0.05) is 19.4 Å². The zero-order valence-electron chi connectivity index (χ0n) is 40.0. The molecule has 5 heteroatoms. The molecule has 0 radical (unpaired) electrons. The molecule has 0 aromatic rings. The van der Waals surface area contributed by atoms with E-state index in [1.54, 1.807) is 0 Å². The SMILES string of the molecule is CCC/C=C\C/C=C\CCCCCCCCOCC(COC(=O)CCCCCCCCCCC/C=C\C/C=C\CCCCC)OC(=O)CCCCCCC/C=C\CCCC. The van der Waals surface area contributed by atoms with Gasteiger partial charge in [0.05, 0.1) is 6.61 Å². The maximum atomic E-state index is 12.8. The summed E-state index contributed by atoms with van der Waals surface area (Å²) in [5.74, 6) is -0.415. The molecule has 0 aliphatic heterocycles. The number of hydrogen-bond acceptors (Lipinski definition) is 5. The van der Waals surface area contributed by atoms with E-state index in [9.17, 15) is 9.59 Å². The molecule has 5 nitrogen and oxygen atoms in total. The summed E-state index contributed by atoms with van der Waals surface area (Å²) in [6.07, 6.45) is 63.7. The van der Waals surface area contributed by atoms with Gasteiger partial charge in [0.2, 0.25) is 0 Å². The average molecular weight is 839 g/mol. The summed E-state index contributed by atoms with van der Waals surface area (Å²) in [6.45, 7) is 7.69. The summed E-state index contributed by atoms with van der Waals surface area (Å²) in [6, 6.07) is 0. The molecule has 1 unspecified atom stereocenters. The lowest BCUT2D eigenvalue weighted by atomic mass is 10.1. The lowest BCUT2D eigenvalue weighted by Gasteiger charge is -2.18. The number of hydrogen-bond donors (Lipinski definition) is 0. The summed E-state index contributed by atoms with van der Waals surface area (Å²) < 4.78 is 17.4. The van der Waals surface area contributed by atoms with Crippen LogP contribution in [0.2, 0.25) is 0 Å². The number of unbranched alkanes of at least 4 members (excludes halogenated alkanes) is 26. The number of esters is 2. The van der Waals surface area contributed by atoms with Crippen molar-refractivity contribution in [1.29, 1.82) is 0 Å². The quantitative estimate of drug-likeness (QED) is 0.0347. The van der Waals surface area contributed by atoms with Crippen LogP contribution in [0.3, 0.4) is 0 Å². The second-order valence-corrected chi connectivity index (χ2v) is 17.1. The van der Waals surface area contributed by atoms with Crippen molar-refractivity contribution in [2.24, 2.45) is 0 Å². The molecule has 0 saturated carbocycles. The number of carbonyl (C=O) groups is 2. The maximum absolute atomic E-state index is 12.8. The lowest BCUT2D eigenvalue weighted by Crippen LogP contribution is -2.30. The molecular formula is C55H98O5. The molecule has 348 valence electrons. The predicted molar refractivity (Wildman–Crippen MR) is 261 cm³/mol. The Morgan fingerprint density at radius 1 is 0.367 bits per heavy atom. The van der Waals surface area contributed by atoms with Crippen LogP contribution >= 0.6 is 0 Å². The Morgan fingerprint density at radius 2 is 0.750 bits per heavy atom. The molecule has 0 aromatic carbocycles. The van der Waals surface area contributed by atoms with E-state index in [1.807, 2.05) is 0 Å². The topological polar surface area (TPSA) is 61.8 Å². The first kappa shape index (κ1) is 57.6. The fourth-order valence-electron chi connectivity index (χ4n) is 7.09. The van der Waals surface area contributed by atoms with E-state index >= 15 is 0 Å². The van der Waals surface area contributed by atoms with Gasteiger partial charge in [-0.05, 0) is 96.3 Å². The second-order valence-electron chi connectivity index (χ2n) is 17.1. The van der Waals surface area contributed by atoms with Crippen molar-refractivity contribution in [2.75, 3.05) is 19.8 Å². The van der Waals surface area contributed by atoms with Crippen molar-refractivity contribution >= 4 is 11.9 Å². The van der Waals surface area contributed by atoms with Gasteiger partial charge in [-0.2, -0.15) is 0 Å². The Morgan fingerprint density at radius 3 is 1.23 bits per heavy atom. The molecule has 0 aliphatic rings. The summed E-state index contributed by atoms with van der Waals surface area (Å²) in [4.78, 5) is 25.4. The molecule has 0 aliphatic carbocycles. The smallest absolute Gasteiger partial charge is 0.306 e. The maximum Gasteiger partial charge on any atom is 0.306 e. The molecule has 0 aromatic heterocycles. The Balaban J connectivity index is 4.23. The van der Waals surface area contributed by atoms with Gasteiger partial charge in [0.25, 0.3) is 0 Å². The molecule has 0 heterocycles. The van der Waals surface area contributed by atoms with Crippen LogP contribution in [0, 0.1) is 0 Å². The van der Waals surface area contributed by atoms with Gasteiger partial charge in [-0.1, -0.05) is 204 Å². The van der Waals surface area contributed by atoms with Crippen molar-refractivity contribution in [3.05, 3.63) is 60.8 Å². The monoisotopic (exact) mass is 839 g/mol. The Labute approximate surface area is 373 Å². The Hall–Kier alpha value is -2.40. The Bertz CT molecular complexity index is 1040. The van der Waals surface area contributed by atoms with Crippen molar-refractivity contribution < 1.29 is 23.8 Å². The minimum atomic E-state index is -0.547. The van der Waals surface area contributed by atoms with Gasteiger partial charge in [-0.3, -0.25) is 9.59 Å². The molecular weight excluding hydrogens is 741 g/mol. The first-order valence-electron chi connectivity index (χ1n) is 25.8. The van der Waals surface area contributed by atoms with E-state index in [2.05, 4.69) is 81.5 Å². The summed E-state index contributed by atoms with van der Waals surface area (Å²) in [5, 5.41) is 0. The third kappa shape index (κ3) is 48.3. The highest BCUT2D eigenvalue weighted by Crippen LogP contribution is 2.14. The van der Waals surface area contributed by atoms with Gasteiger partial charge < -0.3 is 14.2 Å². The van der Waals surface area contributed by atoms with E-state index in [4.69, 9.17) is 14.2 Å². The molecule has 0 rings (SSSR count). The van der Waals surface area contributed by atoms with E-state index in [1.165, 1.54) is 154 Å². The lowest BCUT2D eigenvalue weighted by molar-refractivity contribution is -0.163. The van der Waals surface area contributed by atoms with Crippen LogP contribution in [0.4, 0.5) is 0 Å². The molecule has 0 bridgehead atoms. The van der Waals surface area contributed by atoms with Crippen LogP contribution in [-0.4, -0.2) is 37.9 Å². The predicted octanol–water partition coefficient (Wildman–Crippen LogP) is 17.3. The number of rotatable bonds is 47. The van der Waals surface area contributed by atoms with Gasteiger partial charge in [-0.25, -0.2) is 0 Å². The Kier molecular flexibility index (Phi) is 48.9. The normalized spacial score (nSPS) is 12.7. The first-order chi connectivity index (χ1) is 29.6. The van der Waals surface area contributed by atoms with E-state index in [0.717, 1.165) is 64.2 Å². The van der Waals surface area contributed by atoms with E-state index < -0.39 is 6.10 Å². The van der Waals surface area contributed by atoms with Crippen LogP contribution in [0.25, 0.3) is 0 Å². The third-order valence-electron chi connectivity index (χ3n) is 11.0. The van der Waals surface area contributed by atoms with Crippen molar-refractivity contribution in [3.63, 3.8) is 0 Å². The van der Waals surface area contributed by atoms with Crippen molar-refractivity contribution in [2.45, 2.75) is 258 Å². The molecule has 0 spiro atoms. The number of ether oxygens (including phenoxy) is 3. The fourth-order valence-corrected chi connectivity index (χ4v) is 7.09. The molecule has 0 amide bonds. The largest absolute Gasteiger partial charge is 0.462 e. The average Bonchev–Trinajstić information content (AvgIpc) is 3.25. The van der Waals surface area contributed by atoms with E-state index in [0.29, 0.717) is 19.4 Å². The fraction of sp³-hybridized carbons (Fsp3) is 0.782. The minimum absolute atomic E-state index is 0.0752. The highest BCUT2D eigenvalue weighted by Gasteiger charge is 2.17. The zero-order valence-corrected chi connectivity index (χ0v) is 40.0. The summed E-state index contributed by atoms with van der Waals surface area (Å²) in [5.41, 5.74) is 0. The van der Waals surface area contributed by atoms with Crippen LogP contribution < -0.4 is 0 Å². The van der Waals surface area contributed by atoms with Crippen LogP contribution in [0.15, 0.2) is 60.8 Å². The van der Waals surface area contributed by atoms with Crippen LogP contribution in [0.1, 0.15) is 252 Å². The van der Waals surface area contributed by atoms with Crippen molar-refractivity contribution in [3.8, 4) is 0 Å². The third-order valence-corrected chi connectivity index (χ3v) is 11.0. The van der Waals surface area contributed by atoms with Gasteiger partial charge in [0.15, 0.2) is 6.10 Å². The highest BCUT2D eigenvalue weighted by molar-refractivity contribution is 5.70. The second kappa shape index (κ2) is 51.0. The molecule has 0 N–H and O–H groups in total. The first-order valence-corrected chi connectivity index (χ1v) is 25.8. The van der Waals surface area contributed by atoms with Gasteiger partial charge >= 0.3 is 11.9 Å². The molecule has 0 saturated heterocycles. The minimum Gasteiger partial charge on any atom is -0.462 e. The molecule has 0 fully saturated rings. The highest BCUT2D eigenvalue weighted by atomic mass is 16.6. The van der Waals surface area contributed by atoms with Crippen LogP contribution in [-0.2, 0) is 23.8 Å². The van der Waals surface area contributed by atoms with Gasteiger partial charge in [0.1, 0.15) is 6.61 Å². The summed E-state index contributed by atoms with van der Waals surface area (Å²) >= 11 is 0.